The zero-order valence-corrected chi connectivity index (χ0v) is 10.5. The number of aromatic nitrogens is 2. The molecular formula is C13H15F3N2. The minimum atomic E-state index is -4.35. The van der Waals surface area contributed by atoms with Crippen molar-refractivity contribution in [2.24, 2.45) is 0 Å². The summed E-state index contributed by atoms with van der Waals surface area (Å²) in [5.74, 6) is 0.525. The molecule has 1 aromatic heterocycles. The summed E-state index contributed by atoms with van der Waals surface area (Å²) in [5, 5.41) is 0. The maximum atomic E-state index is 12.7. The zero-order valence-electron chi connectivity index (χ0n) is 10.5. The minimum Gasteiger partial charge on any atom is -0.303 e. The van der Waals surface area contributed by atoms with E-state index in [1.165, 1.54) is 29.1 Å². The molecule has 5 heteroatoms. The Morgan fingerprint density at radius 2 is 1.72 bits per heavy atom. The number of halogens is 3. The lowest BCUT2D eigenvalue weighted by atomic mass is 10.1. The van der Waals surface area contributed by atoms with Crippen molar-refractivity contribution >= 4 is 0 Å². The molecule has 1 heterocycles. The Balaban J connectivity index is 0.000000771. The van der Waals surface area contributed by atoms with Crippen molar-refractivity contribution in [2.75, 3.05) is 0 Å². The van der Waals surface area contributed by atoms with Crippen LogP contribution in [0.15, 0.2) is 36.7 Å². The van der Waals surface area contributed by atoms with Crippen LogP contribution < -0.4 is 0 Å². The molecule has 0 saturated heterocycles. The van der Waals surface area contributed by atoms with Crippen molar-refractivity contribution in [1.29, 1.82) is 0 Å². The minimum absolute atomic E-state index is 0.102. The van der Waals surface area contributed by atoms with E-state index in [1.54, 1.807) is 13.0 Å². The van der Waals surface area contributed by atoms with Gasteiger partial charge in [-0.2, -0.15) is 13.2 Å². The Labute approximate surface area is 104 Å². The second-order valence-corrected chi connectivity index (χ2v) is 3.36. The van der Waals surface area contributed by atoms with Gasteiger partial charge in [0.25, 0.3) is 0 Å². The zero-order chi connectivity index (χ0) is 13.8. The Morgan fingerprint density at radius 1 is 1.11 bits per heavy atom. The van der Waals surface area contributed by atoms with Gasteiger partial charge < -0.3 is 4.57 Å². The molecule has 0 radical (unpaired) electrons. The molecule has 2 rings (SSSR count). The first-order valence-electron chi connectivity index (χ1n) is 5.66. The molecule has 2 aromatic rings. The quantitative estimate of drug-likeness (QED) is 0.746. The van der Waals surface area contributed by atoms with Gasteiger partial charge >= 0.3 is 6.18 Å². The number of aryl methyl sites for hydroxylation is 1. The van der Waals surface area contributed by atoms with Gasteiger partial charge in [0.05, 0.1) is 11.3 Å². The average Bonchev–Trinajstić information content (AvgIpc) is 2.77. The Kier molecular flexibility index (Phi) is 4.53. The predicted octanol–water partition coefficient (Wildman–Crippen LogP) is 4.23. The van der Waals surface area contributed by atoms with Crippen LogP contribution >= 0.6 is 0 Å². The Morgan fingerprint density at radius 3 is 2.22 bits per heavy atom. The molecule has 0 amide bonds. The number of hydrogen-bond acceptors (Lipinski definition) is 1. The lowest BCUT2D eigenvalue weighted by Crippen LogP contribution is -2.10. The third-order valence-electron chi connectivity index (χ3n) is 2.29. The number of rotatable bonds is 1. The molecule has 0 bridgehead atoms. The maximum Gasteiger partial charge on any atom is 0.418 e. The van der Waals surface area contributed by atoms with Gasteiger partial charge in [-0.25, -0.2) is 4.98 Å². The number of para-hydroxylation sites is 1. The summed E-state index contributed by atoms with van der Waals surface area (Å²) in [6, 6.07) is 5.44. The van der Waals surface area contributed by atoms with Gasteiger partial charge in [0, 0.05) is 12.4 Å². The van der Waals surface area contributed by atoms with E-state index in [2.05, 4.69) is 4.98 Å². The number of nitrogens with zero attached hydrogens (tertiary/aromatic N) is 2. The molecule has 18 heavy (non-hydrogen) atoms. The number of hydrogen-bond donors (Lipinski definition) is 0. The fourth-order valence-corrected chi connectivity index (χ4v) is 1.56. The largest absolute Gasteiger partial charge is 0.418 e. The molecule has 98 valence electrons. The van der Waals surface area contributed by atoms with Crippen LogP contribution in [0, 0.1) is 6.92 Å². The van der Waals surface area contributed by atoms with E-state index in [0.717, 1.165) is 6.07 Å². The van der Waals surface area contributed by atoms with Crippen molar-refractivity contribution in [1.82, 2.24) is 9.55 Å². The highest BCUT2D eigenvalue weighted by atomic mass is 19.4. The summed E-state index contributed by atoms with van der Waals surface area (Å²) < 4.78 is 39.6. The first kappa shape index (κ1) is 14.3. The van der Waals surface area contributed by atoms with Gasteiger partial charge in [-0.1, -0.05) is 26.0 Å². The lowest BCUT2D eigenvalue weighted by Gasteiger charge is -2.13. The molecule has 0 unspecified atom stereocenters. The smallest absolute Gasteiger partial charge is 0.303 e. The monoisotopic (exact) mass is 256 g/mol. The summed E-state index contributed by atoms with van der Waals surface area (Å²) >= 11 is 0. The van der Waals surface area contributed by atoms with Crippen LogP contribution in [0.2, 0.25) is 0 Å². The van der Waals surface area contributed by atoms with E-state index in [-0.39, 0.29) is 5.69 Å². The molecule has 2 nitrogen and oxygen atoms in total. The summed E-state index contributed by atoms with van der Waals surface area (Å²) in [6.07, 6.45) is -1.37. The average molecular weight is 256 g/mol. The highest BCUT2D eigenvalue weighted by Crippen LogP contribution is 2.33. The van der Waals surface area contributed by atoms with Crippen LogP contribution in [0.1, 0.15) is 25.2 Å². The van der Waals surface area contributed by atoms with E-state index >= 15 is 0 Å². The van der Waals surface area contributed by atoms with E-state index in [9.17, 15) is 13.2 Å². The molecule has 0 fully saturated rings. The van der Waals surface area contributed by atoms with Crippen molar-refractivity contribution in [3.05, 3.63) is 48.0 Å². The van der Waals surface area contributed by atoms with Crippen LogP contribution in [-0.4, -0.2) is 9.55 Å². The van der Waals surface area contributed by atoms with Gasteiger partial charge in [0.2, 0.25) is 0 Å². The SMILES string of the molecule is CC.Cc1nccn1-c1ccccc1C(F)(F)F. The van der Waals surface area contributed by atoms with Crippen LogP contribution in [0.25, 0.3) is 5.69 Å². The van der Waals surface area contributed by atoms with Gasteiger partial charge in [0.15, 0.2) is 0 Å². The molecule has 0 saturated carbocycles. The third-order valence-corrected chi connectivity index (χ3v) is 2.29. The highest BCUT2D eigenvalue weighted by Gasteiger charge is 2.33. The van der Waals surface area contributed by atoms with Crippen LogP contribution in [0.5, 0.6) is 0 Å². The number of benzene rings is 1. The fraction of sp³-hybridized carbons (Fsp3) is 0.308. The summed E-state index contributed by atoms with van der Waals surface area (Å²) in [6.45, 7) is 5.66. The molecule has 1 aromatic carbocycles. The second-order valence-electron chi connectivity index (χ2n) is 3.36. The lowest BCUT2D eigenvalue weighted by molar-refractivity contribution is -0.137. The standard InChI is InChI=1S/C11H9F3N2.C2H6/c1-8-15-6-7-16(8)10-5-3-2-4-9(10)11(12,13)14;1-2/h2-7H,1H3;1-2H3. The Hall–Kier alpha value is -1.78. The summed E-state index contributed by atoms with van der Waals surface area (Å²) in [7, 11) is 0. The molecule has 0 aliphatic rings. The van der Waals surface area contributed by atoms with Crippen molar-refractivity contribution in [2.45, 2.75) is 26.9 Å². The second kappa shape index (κ2) is 5.71. The number of imidazole rings is 1. The van der Waals surface area contributed by atoms with Crippen LogP contribution in [0.3, 0.4) is 0 Å². The predicted molar refractivity (Wildman–Crippen MR) is 64.7 cm³/mol. The van der Waals surface area contributed by atoms with Gasteiger partial charge in [-0.05, 0) is 19.1 Å². The molecule has 0 N–H and O–H groups in total. The highest BCUT2D eigenvalue weighted by molar-refractivity contribution is 5.43. The van der Waals surface area contributed by atoms with Gasteiger partial charge in [0.1, 0.15) is 5.82 Å². The summed E-state index contributed by atoms with van der Waals surface area (Å²) in [5.41, 5.74) is -0.555. The van der Waals surface area contributed by atoms with E-state index in [1.807, 2.05) is 13.8 Å². The molecule has 0 aliphatic heterocycles. The summed E-state index contributed by atoms with van der Waals surface area (Å²) in [4.78, 5) is 3.91. The normalized spacial score (nSPS) is 10.8. The fourth-order valence-electron chi connectivity index (χ4n) is 1.56. The van der Waals surface area contributed by atoms with Crippen molar-refractivity contribution in [3.63, 3.8) is 0 Å². The van der Waals surface area contributed by atoms with Gasteiger partial charge in [-0.15, -0.1) is 0 Å². The maximum absolute atomic E-state index is 12.7. The molecule has 0 aliphatic carbocycles. The molecular weight excluding hydrogens is 241 g/mol. The van der Waals surface area contributed by atoms with Crippen molar-refractivity contribution in [3.8, 4) is 5.69 Å². The van der Waals surface area contributed by atoms with Crippen LogP contribution in [0.4, 0.5) is 13.2 Å². The van der Waals surface area contributed by atoms with E-state index in [0.29, 0.717) is 5.82 Å². The van der Waals surface area contributed by atoms with Crippen molar-refractivity contribution < 1.29 is 13.2 Å². The van der Waals surface area contributed by atoms with Crippen LogP contribution in [-0.2, 0) is 6.18 Å². The first-order valence-corrected chi connectivity index (χ1v) is 5.66. The molecule has 0 atom stereocenters. The third kappa shape index (κ3) is 2.91. The van der Waals surface area contributed by atoms with Gasteiger partial charge in [-0.3, -0.25) is 0 Å². The molecule has 0 spiro atoms. The first-order chi connectivity index (χ1) is 8.50. The van der Waals surface area contributed by atoms with E-state index in [4.69, 9.17) is 0 Å². The topological polar surface area (TPSA) is 17.8 Å². The van der Waals surface area contributed by atoms with E-state index < -0.39 is 11.7 Å². The Bertz CT molecular complexity index is 501. The number of alkyl halides is 3.